The van der Waals surface area contributed by atoms with Gasteiger partial charge in [-0.15, -0.1) is 0 Å². The van der Waals surface area contributed by atoms with Crippen molar-refractivity contribution in [2.75, 3.05) is 0 Å². The van der Waals surface area contributed by atoms with Crippen LogP contribution in [0.3, 0.4) is 0 Å². The van der Waals surface area contributed by atoms with Crippen molar-refractivity contribution in [2.24, 2.45) is 0 Å². The molecular weight excluding hydrogens is 438 g/mol. The molecule has 0 aromatic heterocycles. The van der Waals surface area contributed by atoms with Gasteiger partial charge in [-0.05, 0) is 11.1 Å². The van der Waals surface area contributed by atoms with Gasteiger partial charge in [0.25, 0.3) is 0 Å². The SMILES string of the molecule is Cl[PH+](Cl)C(c1ccccc1)(c1ccccc1)c1ccccc1-c1ccccc1.[Cl-]. The first-order valence-electron chi connectivity index (χ1n) is 9.19. The van der Waals surface area contributed by atoms with Gasteiger partial charge >= 0.3 is 0 Å². The van der Waals surface area contributed by atoms with Crippen molar-refractivity contribution in [3.8, 4) is 11.1 Å². The Morgan fingerprint density at radius 2 is 0.931 bits per heavy atom. The maximum atomic E-state index is 6.93. The molecule has 0 unspecified atom stereocenters. The van der Waals surface area contributed by atoms with Gasteiger partial charge in [-0.3, -0.25) is 0 Å². The number of hydrogen-bond donors (Lipinski definition) is 0. The highest BCUT2D eigenvalue weighted by atomic mass is 35.9. The van der Waals surface area contributed by atoms with Crippen LogP contribution in [-0.2, 0) is 5.16 Å². The lowest BCUT2D eigenvalue weighted by Gasteiger charge is -2.32. The van der Waals surface area contributed by atoms with Gasteiger partial charge in [-0.25, -0.2) is 0 Å². The van der Waals surface area contributed by atoms with E-state index in [1.54, 1.807) is 0 Å². The van der Waals surface area contributed by atoms with E-state index in [0.717, 1.165) is 27.8 Å². The average molecular weight is 458 g/mol. The fraction of sp³-hybridized carbons (Fsp3) is 0.0400. The number of benzene rings is 4. The molecule has 0 saturated carbocycles. The summed E-state index contributed by atoms with van der Waals surface area (Å²) in [6.07, 6.45) is 0. The smallest absolute Gasteiger partial charge is 0.218 e. The molecular formula is C25H20Cl3P. The van der Waals surface area contributed by atoms with Crippen LogP contribution in [0.15, 0.2) is 115 Å². The second kappa shape index (κ2) is 9.79. The van der Waals surface area contributed by atoms with Crippen LogP contribution in [-0.4, -0.2) is 0 Å². The molecule has 0 nitrogen and oxygen atoms in total. The van der Waals surface area contributed by atoms with Gasteiger partial charge in [-0.1, -0.05) is 115 Å². The van der Waals surface area contributed by atoms with Crippen LogP contribution in [0.5, 0.6) is 0 Å². The summed E-state index contributed by atoms with van der Waals surface area (Å²) in [4.78, 5) is 0. The van der Waals surface area contributed by atoms with Crippen molar-refractivity contribution in [3.05, 3.63) is 132 Å². The normalized spacial score (nSPS) is 11.1. The summed E-state index contributed by atoms with van der Waals surface area (Å²) in [7, 11) is 0. The molecule has 0 bridgehead atoms. The minimum absolute atomic E-state index is 0. The average Bonchev–Trinajstić information content (AvgIpc) is 2.77. The Morgan fingerprint density at radius 3 is 1.41 bits per heavy atom. The molecule has 0 atom stereocenters. The largest absolute Gasteiger partial charge is 1.00 e. The first kappa shape index (κ1) is 21.9. The van der Waals surface area contributed by atoms with Crippen LogP contribution in [0.1, 0.15) is 16.7 Å². The Balaban J connectivity index is 0.00000240. The van der Waals surface area contributed by atoms with Crippen molar-refractivity contribution in [1.29, 1.82) is 0 Å². The summed E-state index contributed by atoms with van der Waals surface area (Å²) in [5.41, 5.74) is 5.68. The van der Waals surface area contributed by atoms with E-state index in [4.69, 9.17) is 22.5 Å². The van der Waals surface area contributed by atoms with Gasteiger partial charge in [0, 0.05) is 16.7 Å². The molecule has 0 N–H and O–H groups in total. The van der Waals surface area contributed by atoms with Crippen LogP contribution < -0.4 is 12.4 Å². The third kappa shape index (κ3) is 4.09. The van der Waals surface area contributed by atoms with Crippen LogP contribution in [0.2, 0.25) is 0 Å². The van der Waals surface area contributed by atoms with E-state index in [9.17, 15) is 0 Å². The fourth-order valence-corrected chi connectivity index (χ4v) is 6.97. The third-order valence-corrected chi connectivity index (χ3v) is 8.23. The maximum Gasteiger partial charge on any atom is 0.218 e. The van der Waals surface area contributed by atoms with E-state index < -0.39 is 11.8 Å². The maximum absolute atomic E-state index is 6.93. The quantitative estimate of drug-likeness (QED) is 0.286. The van der Waals surface area contributed by atoms with E-state index in [2.05, 4.69) is 97.1 Å². The lowest BCUT2D eigenvalue weighted by Crippen LogP contribution is -3.00. The fourth-order valence-electron chi connectivity index (χ4n) is 3.85. The van der Waals surface area contributed by atoms with Gasteiger partial charge < -0.3 is 12.4 Å². The lowest BCUT2D eigenvalue weighted by molar-refractivity contribution is -0.00000517. The van der Waals surface area contributed by atoms with Gasteiger partial charge in [0.05, 0.1) is 0 Å². The van der Waals surface area contributed by atoms with Crippen molar-refractivity contribution in [1.82, 2.24) is 0 Å². The predicted octanol–water partition coefficient (Wildman–Crippen LogP) is 5.17. The highest BCUT2D eigenvalue weighted by molar-refractivity contribution is 8.04. The van der Waals surface area contributed by atoms with Crippen LogP contribution in [0.25, 0.3) is 11.1 Å². The second-order valence-electron chi connectivity index (χ2n) is 6.65. The zero-order valence-electron chi connectivity index (χ0n) is 15.6. The molecule has 146 valence electrons. The van der Waals surface area contributed by atoms with E-state index in [1.165, 1.54) is 0 Å². The molecule has 0 amide bonds. The molecule has 0 spiro atoms. The standard InChI is InChI=1S/C25H19Cl2P.ClH/c26-28(27)25(21-14-6-2-7-15-21,22-16-8-3-9-17-22)24-19-11-10-18-23(24)20-12-4-1-5-13-20;/h1-19H;1H. The second-order valence-corrected chi connectivity index (χ2v) is 10.8. The Bertz CT molecular complexity index is 996. The molecule has 0 aliphatic carbocycles. The van der Waals surface area contributed by atoms with E-state index >= 15 is 0 Å². The van der Waals surface area contributed by atoms with Crippen LogP contribution >= 0.6 is 29.1 Å². The molecule has 29 heavy (non-hydrogen) atoms. The molecule has 0 fully saturated rings. The molecule has 0 aliphatic rings. The summed E-state index contributed by atoms with van der Waals surface area (Å²) in [5.74, 6) is 0. The van der Waals surface area contributed by atoms with Crippen molar-refractivity contribution >= 4 is 29.1 Å². The lowest BCUT2D eigenvalue weighted by atomic mass is 9.80. The zero-order chi connectivity index (χ0) is 19.4. The molecule has 0 aliphatic heterocycles. The highest BCUT2D eigenvalue weighted by Gasteiger charge is 2.51. The predicted molar refractivity (Wildman–Crippen MR) is 125 cm³/mol. The molecule has 0 saturated heterocycles. The first-order chi connectivity index (χ1) is 13.7. The highest BCUT2D eigenvalue weighted by Crippen LogP contribution is 2.70. The van der Waals surface area contributed by atoms with Crippen LogP contribution in [0.4, 0.5) is 0 Å². The van der Waals surface area contributed by atoms with E-state index in [-0.39, 0.29) is 12.4 Å². The molecule has 4 aromatic carbocycles. The molecule has 4 aromatic rings. The topological polar surface area (TPSA) is 0 Å². The van der Waals surface area contributed by atoms with Crippen molar-refractivity contribution < 1.29 is 12.4 Å². The first-order valence-corrected chi connectivity index (χ1v) is 12.7. The van der Waals surface area contributed by atoms with Gasteiger partial charge in [0.1, 0.15) is 22.5 Å². The number of rotatable bonds is 5. The van der Waals surface area contributed by atoms with Gasteiger partial charge in [0.15, 0.2) is 5.16 Å². The minimum Gasteiger partial charge on any atom is -1.00 e. The molecule has 4 heteroatoms. The van der Waals surface area contributed by atoms with Crippen molar-refractivity contribution in [2.45, 2.75) is 5.16 Å². The summed E-state index contributed by atoms with van der Waals surface area (Å²) in [6.45, 7) is -1.87. The minimum atomic E-state index is -1.87. The summed E-state index contributed by atoms with van der Waals surface area (Å²) >= 11 is 13.9. The number of hydrogen-bond acceptors (Lipinski definition) is 0. The summed E-state index contributed by atoms with van der Waals surface area (Å²) in [6, 6.07) is 39.7. The van der Waals surface area contributed by atoms with E-state index in [0.29, 0.717) is 0 Å². The Morgan fingerprint density at radius 1 is 0.517 bits per heavy atom. The molecule has 0 heterocycles. The Labute approximate surface area is 189 Å². The Hall–Kier alpha value is -1.82. The molecule has 0 radical (unpaired) electrons. The van der Waals surface area contributed by atoms with E-state index in [1.807, 2.05) is 18.2 Å². The van der Waals surface area contributed by atoms with Crippen LogP contribution in [0, 0.1) is 0 Å². The summed E-state index contributed by atoms with van der Waals surface area (Å²) < 4.78 is 0. The third-order valence-electron chi connectivity index (χ3n) is 5.11. The van der Waals surface area contributed by atoms with Crippen molar-refractivity contribution in [3.63, 3.8) is 0 Å². The van der Waals surface area contributed by atoms with Gasteiger partial charge in [0.2, 0.25) is 6.63 Å². The summed E-state index contributed by atoms with van der Waals surface area (Å²) in [5, 5.41) is -0.595. The monoisotopic (exact) mass is 456 g/mol. The Kier molecular flexibility index (Phi) is 7.38. The molecule has 4 rings (SSSR count). The number of halogens is 3. The van der Waals surface area contributed by atoms with Gasteiger partial charge in [-0.2, -0.15) is 0 Å². The zero-order valence-corrected chi connectivity index (χ0v) is 18.9.